The van der Waals surface area contributed by atoms with Crippen molar-refractivity contribution in [3.05, 3.63) is 0 Å². The van der Waals surface area contributed by atoms with Gasteiger partial charge < -0.3 is 32.3 Å². The predicted molar refractivity (Wildman–Crippen MR) is 150 cm³/mol. The van der Waals surface area contributed by atoms with Crippen molar-refractivity contribution in [2.24, 2.45) is 11.5 Å². The topological polar surface area (TPSA) is 192 Å². The molecule has 1 amide bonds. The third-order valence-electron chi connectivity index (χ3n) is 6.08. The zero-order chi connectivity index (χ0) is 28.3. The second kappa shape index (κ2) is 26.7. The average molecular weight is 530 g/mol. The van der Waals surface area contributed by atoms with Gasteiger partial charge in [-0.1, -0.05) is 96.8 Å². The van der Waals surface area contributed by atoms with Crippen molar-refractivity contribution in [1.82, 2.24) is 10.6 Å². The van der Waals surface area contributed by atoms with E-state index in [0.717, 1.165) is 12.8 Å². The lowest BCUT2D eigenvalue weighted by atomic mass is 10.0. The van der Waals surface area contributed by atoms with Crippen LogP contribution in [0.2, 0.25) is 0 Å². The molecule has 0 radical (unpaired) electrons. The number of rotatable bonds is 23. The van der Waals surface area contributed by atoms with Crippen LogP contribution in [0.4, 0.5) is 0 Å². The lowest BCUT2D eigenvalue weighted by molar-refractivity contribution is -0.141. The lowest BCUT2D eigenvalue weighted by Gasteiger charge is -2.08. The number of carboxylic acids is 2. The van der Waals surface area contributed by atoms with Crippen molar-refractivity contribution in [3.8, 4) is 0 Å². The van der Waals surface area contributed by atoms with Gasteiger partial charge in [0.15, 0.2) is 5.96 Å². The minimum Gasteiger partial charge on any atom is -0.480 e. The molecule has 10 heteroatoms. The van der Waals surface area contributed by atoms with Gasteiger partial charge in [-0.25, -0.2) is 0 Å². The Morgan fingerprint density at radius 1 is 0.757 bits per heavy atom. The molecule has 0 aromatic rings. The van der Waals surface area contributed by atoms with E-state index in [0.29, 0.717) is 25.8 Å². The maximum Gasteiger partial charge on any atom is 0.325 e. The Morgan fingerprint density at radius 3 is 1.57 bits per heavy atom. The van der Waals surface area contributed by atoms with Gasteiger partial charge in [-0.05, 0) is 26.2 Å². The highest BCUT2D eigenvalue weighted by Gasteiger charge is 2.13. The summed E-state index contributed by atoms with van der Waals surface area (Å²) in [5, 5.41) is 28.9. The monoisotopic (exact) mass is 529 g/mol. The van der Waals surface area contributed by atoms with Crippen LogP contribution in [0.1, 0.15) is 129 Å². The van der Waals surface area contributed by atoms with E-state index >= 15 is 0 Å². The van der Waals surface area contributed by atoms with Crippen molar-refractivity contribution < 1.29 is 24.6 Å². The molecule has 0 saturated carbocycles. The molecule has 0 aromatic carbocycles. The first-order chi connectivity index (χ1) is 17.6. The minimum atomic E-state index is -1.00. The van der Waals surface area contributed by atoms with Crippen LogP contribution in [0.25, 0.3) is 0 Å². The maximum atomic E-state index is 11.5. The molecule has 9 N–H and O–H groups in total. The number of carboxylic acid groups (broad SMARTS) is 2. The molecule has 0 spiro atoms. The summed E-state index contributed by atoms with van der Waals surface area (Å²) in [5.41, 5.74) is 10.2. The van der Waals surface area contributed by atoms with E-state index in [1.165, 1.54) is 90.4 Å². The molecule has 0 saturated heterocycles. The zero-order valence-electron chi connectivity index (χ0n) is 23.4. The molecule has 0 unspecified atom stereocenters. The summed E-state index contributed by atoms with van der Waals surface area (Å²) in [4.78, 5) is 32.4. The second-order valence-corrected chi connectivity index (χ2v) is 9.75. The van der Waals surface area contributed by atoms with Gasteiger partial charge in [0.1, 0.15) is 12.1 Å². The number of amides is 1. The van der Waals surface area contributed by atoms with E-state index in [-0.39, 0.29) is 11.9 Å². The van der Waals surface area contributed by atoms with E-state index in [2.05, 4.69) is 17.6 Å². The lowest BCUT2D eigenvalue weighted by Crippen LogP contribution is -2.38. The van der Waals surface area contributed by atoms with Crippen molar-refractivity contribution in [3.63, 3.8) is 0 Å². The Bertz CT molecular complexity index is 604. The summed E-state index contributed by atoms with van der Waals surface area (Å²) in [6.07, 6.45) is 20.9. The molecule has 0 aromatic heterocycles. The Kier molecular flexibility index (Phi) is 26.5. The molecule has 0 aliphatic rings. The molecule has 218 valence electrons. The summed E-state index contributed by atoms with van der Waals surface area (Å²) in [5.74, 6) is -2.24. The average Bonchev–Trinajstić information content (AvgIpc) is 2.84. The fourth-order valence-electron chi connectivity index (χ4n) is 3.70. The first-order valence-electron chi connectivity index (χ1n) is 14.2. The van der Waals surface area contributed by atoms with Gasteiger partial charge in [0.2, 0.25) is 5.91 Å². The van der Waals surface area contributed by atoms with Gasteiger partial charge in [-0.3, -0.25) is 19.8 Å². The van der Waals surface area contributed by atoms with Gasteiger partial charge in [0, 0.05) is 13.0 Å². The van der Waals surface area contributed by atoms with Crippen molar-refractivity contribution in [2.75, 3.05) is 6.54 Å². The quantitative estimate of drug-likeness (QED) is 0.0571. The van der Waals surface area contributed by atoms with Gasteiger partial charge in [-0.15, -0.1) is 0 Å². The number of guanidine groups is 1. The first kappa shape index (κ1) is 36.8. The molecule has 37 heavy (non-hydrogen) atoms. The molecule has 0 fully saturated rings. The summed E-state index contributed by atoms with van der Waals surface area (Å²) in [6.45, 7) is 4.24. The highest BCUT2D eigenvalue weighted by atomic mass is 16.4. The molecular formula is C27H55N5O5. The highest BCUT2D eigenvalue weighted by Crippen LogP contribution is 2.13. The van der Waals surface area contributed by atoms with Gasteiger partial charge >= 0.3 is 11.9 Å². The van der Waals surface area contributed by atoms with Crippen LogP contribution >= 0.6 is 0 Å². The minimum absolute atomic E-state index is 0.112. The zero-order valence-corrected chi connectivity index (χ0v) is 23.4. The Hall–Kier alpha value is -2.36. The van der Waals surface area contributed by atoms with Crippen LogP contribution in [0.15, 0.2) is 0 Å². The third kappa shape index (κ3) is 29.8. The van der Waals surface area contributed by atoms with Gasteiger partial charge in [0.05, 0.1) is 0 Å². The fourth-order valence-corrected chi connectivity index (χ4v) is 3.70. The van der Waals surface area contributed by atoms with Crippen LogP contribution in [0.3, 0.4) is 0 Å². The molecule has 2 atom stereocenters. The van der Waals surface area contributed by atoms with Crippen LogP contribution in [-0.2, 0) is 14.4 Å². The van der Waals surface area contributed by atoms with Gasteiger partial charge in [-0.2, -0.15) is 0 Å². The smallest absolute Gasteiger partial charge is 0.325 e. The molecule has 0 aliphatic heterocycles. The molecular weight excluding hydrogens is 474 g/mol. The number of hydrogen-bond acceptors (Lipinski definition) is 5. The highest BCUT2D eigenvalue weighted by molar-refractivity contribution is 5.83. The van der Waals surface area contributed by atoms with E-state index in [1.54, 1.807) is 0 Å². The maximum absolute atomic E-state index is 11.5. The number of aliphatic carboxylic acids is 2. The summed E-state index contributed by atoms with van der Waals surface area (Å²) < 4.78 is 0. The number of unbranched alkanes of at least 4 members (excludes halogenated alkanes) is 14. The Balaban J connectivity index is 0. The first-order valence-corrected chi connectivity index (χ1v) is 14.2. The molecule has 0 aliphatic carbocycles. The molecule has 0 rings (SSSR count). The van der Waals surface area contributed by atoms with Crippen molar-refractivity contribution >= 4 is 23.8 Å². The Labute approximate surface area is 224 Å². The normalized spacial score (nSPS) is 12.1. The van der Waals surface area contributed by atoms with E-state index in [9.17, 15) is 14.4 Å². The molecule has 10 nitrogen and oxygen atoms in total. The summed E-state index contributed by atoms with van der Waals surface area (Å²) >= 11 is 0. The summed E-state index contributed by atoms with van der Waals surface area (Å²) in [7, 11) is 0. The number of hydrogen-bond donors (Lipinski definition) is 7. The van der Waals surface area contributed by atoms with Crippen LogP contribution in [-0.4, -0.2) is 52.6 Å². The molecule has 0 bridgehead atoms. The SMILES string of the molecule is CCCCCCCCCCCCCCCCCC(=O)N[C@@H](C)C(=O)O.N=C(N)NCCC[C@H](N)C(=O)O. The van der Waals surface area contributed by atoms with Crippen LogP contribution in [0.5, 0.6) is 0 Å². The number of carbonyl (C=O) groups excluding carboxylic acids is 1. The number of carbonyl (C=O) groups is 3. The van der Waals surface area contributed by atoms with Crippen molar-refractivity contribution in [1.29, 1.82) is 5.41 Å². The van der Waals surface area contributed by atoms with Crippen molar-refractivity contribution in [2.45, 2.75) is 142 Å². The standard InChI is InChI=1S/C21H41NO3.C6H14N4O2/c1-3-4-5-6-7-8-9-10-11-12-13-14-15-16-17-18-20(23)22-19(2)21(24)25;7-4(5(11)12)2-1-3-10-6(8)9/h19H,3-18H2,1-2H3,(H,22,23)(H,24,25);4H,1-3,7H2,(H,11,12)(H4,8,9,10)/t19-;4-/m00/s1. The summed E-state index contributed by atoms with van der Waals surface area (Å²) in [6, 6.07) is -1.61. The number of nitrogens with one attached hydrogen (secondary N) is 3. The molecule has 0 heterocycles. The predicted octanol–water partition coefficient (Wildman–Crippen LogP) is 4.50. The second-order valence-electron chi connectivity index (χ2n) is 9.75. The largest absolute Gasteiger partial charge is 0.480 e. The van der Waals surface area contributed by atoms with Gasteiger partial charge in [0.25, 0.3) is 0 Å². The van der Waals surface area contributed by atoms with Crippen LogP contribution in [0, 0.1) is 5.41 Å². The third-order valence-corrected chi connectivity index (χ3v) is 6.08. The van der Waals surface area contributed by atoms with E-state index in [1.807, 2.05) is 0 Å². The Morgan fingerprint density at radius 2 is 1.19 bits per heavy atom. The van der Waals surface area contributed by atoms with Crippen LogP contribution < -0.4 is 22.1 Å². The fraction of sp³-hybridized carbons (Fsp3) is 0.852. The number of nitrogens with two attached hydrogens (primary N) is 2. The van der Waals surface area contributed by atoms with E-state index < -0.39 is 24.0 Å². The van der Waals surface area contributed by atoms with E-state index in [4.69, 9.17) is 27.1 Å².